The Balaban J connectivity index is 0. The molecule has 56 valence electrons. The van der Waals surface area contributed by atoms with E-state index in [4.69, 9.17) is 11.6 Å². The molecule has 4 heteroatoms. The fourth-order valence-corrected chi connectivity index (χ4v) is 0.259. The summed E-state index contributed by atoms with van der Waals surface area (Å²) in [5, 5.41) is 0. The lowest BCUT2D eigenvalue weighted by Gasteiger charge is -1.91. The summed E-state index contributed by atoms with van der Waals surface area (Å²) in [4.78, 5) is 9.75. The summed E-state index contributed by atoms with van der Waals surface area (Å²) in [6.45, 7) is 2.32. The summed E-state index contributed by atoms with van der Waals surface area (Å²) in [6.07, 6.45) is 2.29. The third-order valence-corrected chi connectivity index (χ3v) is 0.529. The van der Waals surface area contributed by atoms with E-state index in [1.165, 1.54) is 6.38 Å². The van der Waals surface area contributed by atoms with Crippen molar-refractivity contribution in [1.29, 1.82) is 0 Å². The van der Waals surface area contributed by atoms with E-state index < -0.39 is 5.43 Å². The third-order valence-electron chi connectivity index (χ3n) is 0.420. The van der Waals surface area contributed by atoms with Gasteiger partial charge in [0.2, 0.25) is 0 Å². The first-order valence-corrected chi connectivity index (χ1v) is 3.60. The molecule has 0 aromatic carbocycles. The predicted molar refractivity (Wildman–Crippen MR) is 39.3 cm³/mol. The fraction of sp³-hybridized carbons (Fsp3) is 0.800. The highest BCUT2D eigenvalue weighted by Crippen LogP contribution is 1.86. The third kappa shape index (κ3) is 18.0. The molecular formula is C5H10Cl2O2. The fourth-order valence-electron chi connectivity index (χ4n) is 0.182. The monoisotopic (exact) mass is 172 g/mol. The van der Waals surface area contributed by atoms with Gasteiger partial charge in [-0.05, 0) is 6.42 Å². The highest BCUT2D eigenvalue weighted by atomic mass is 35.5. The highest BCUT2D eigenvalue weighted by molar-refractivity contribution is 6.61. The van der Waals surface area contributed by atoms with Crippen molar-refractivity contribution in [1.82, 2.24) is 0 Å². The molecule has 0 aliphatic carbocycles. The van der Waals surface area contributed by atoms with E-state index in [0.717, 1.165) is 6.42 Å². The molecule has 0 aromatic heterocycles. The van der Waals surface area contributed by atoms with Gasteiger partial charge < -0.3 is 4.74 Å². The molecule has 0 fully saturated rings. The van der Waals surface area contributed by atoms with E-state index in [9.17, 15) is 4.79 Å². The van der Waals surface area contributed by atoms with E-state index in [1.54, 1.807) is 0 Å². The maximum atomic E-state index is 9.75. The molecule has 0 saturated carbocycles. The Labute approximate surface area is 65.1 Å². The number of ether oxygens (including phenoxy) is 1. The Morgan fingerprint density at radius 2 is 2.00 bits per heavy atom. The first kappa shape index (κ1) is 11.8. The van der Waals surface area contributed by atoms with Gasteiger partial charge in [0.05, 0.1) is 6.61 Å². The number of hydrogen-bond donors (Lipinski definition) is 0. The van der Waals surface area contributed by atoms with Gasteiger partial charge in [0.15, 0.2) is 0 Å². The zero-order chi connectivity index (χ0) is 7.70. The molecule has 9 heavy (non-hydrogen) atoms. The molecule has 0 unspecified atom stereocenters. The van der Waals surface area contributed by atoms with Crippen LogP contribution in [0, 0.1) is 0 Å². The first-order valence-electron chi connectivity index (χ1n) is 2.47. The summed E-state index contributed by atoms with van der Waals surface area (Å²) in [5.74, 6) is 0. The van der Waals surface area contributed by atoms with E-state index >= 15 is 0 Å². The Kier molecular flexibility index (Phi) is 14.3. The standard InChI is InChI=1S/C4H7ClO2.CH3Cl/c1-2-3-7-4(5)6;1-2/h2-3H2,1H3;1H3. The van der Waals surface area contributed by atoms with Crippen LogP contribution in [-0.4, -0.2) is 18.4 Å². The lowest BCUT2D eigenvalue weighted by Crippen LogP contribution is -1.93. The van der Waals surface area contributed by atoms with Gasteiger partial charge in [0.25, 0.3) is 0 Å². The van der Waals surface area contributed by atoms with Gasteiger partial charge in [-0.1, -0.05) is 6.92 Å². The first-order chi connectivity index (χ1) is 4.27. The molecule has 0 aromatic rings. The Morgan fingerprint density at radius 1 is 1.56 bits per heavy atom. The van der Waals surface area contributed by atoms with Crippen LogP contribution in [0.25, 0.3) is 0 Å². The molecule has 0 bridgehead atoms. The topological polar surface area (TPSA) is 26.3 Å². The number of halogens is 2. The van der Waals surface area contributed by atoms with E-state index in [-0.39, 0.29) is 0 Å². The Bertz CT molecular complexity index is 66.0. The molecule has 0 saturated heterocycles. The zero-order valence-electron chi connectivity index (χ0n) is 5.49. The van der Waals surface area contributed by atoms with Crippen LogP contribution in [0.4, 0.5) is 4.79 Å². The van der Waals surface area contributed by atoms with Crippen molar-refractivity contribution in [2.75, 3.05) is 13.0 Å². The molecule has 0 amide bonds. The summed E-state index contributed by atoms with van der Waals surface area (Å²) < 4.78 is 4.32. The largest absolute Gasteiger partial charge is 0.454 e. The minimum Gasteiger partial charge on any atom is -0.454 e. The average molecular weight is 173 g/mol. The van der Waals surface area contributed by atoms with Crippen LogP contribution >= 0.6 is 23.2 Å². The van der Waals surface area contributed by atoms with Gasteiger partial charge in [0, 0.05) is 18.0 Å². The lowest BCUT2D eigenvalue weighted by atomic mass is 10.5. The second kappa shape index (κ2) is 10.9. The van der Waals surface area contributed by atoms with Gasteiger partial charge in [0.1, 0.15) is 0 Å². The molecule has 0 radical (unpaired) electrons. The lowest BCUT2D eigenvalue weighted by molar-refractivity contribution is 0.173. The smallest absolute Gasteiger partial charge is 0.403 e. The van der Waals surface area contributed by atoms with Gasteiger partial charge in [-0.3, -0.25) is 0 Å². The Hall–Kier alpha value is 0.0500. The van der Waals surface area contributed by atoms with E-state index in [1.807, 2.05) is 6.92 Å². The average Bonchev–Trinajstić information content (AvgIpc) is 1.88. The SMILES string of the molecule is CCCOC(=O)Cl.CCl. The minimum absolute atomic E-state index is 0.419. The van der Waals surface area contributed by atoms with Crippen LogP contribution in [0.1, 0.15) is 13.3 Å². The van der Waals surface area contributed by atoms with Crippen LogP contribution < -0.4 is 0 Å². The molecule has 0 aliphatic rings. The van der Waals surface area contributed by atoms with Crippen LogP contribution in [0.2, 0.25) is 0 Å². The second-order valence-electron chi connectivity index (χ2n) is 1.09. The molecular weight excluding hydrogens is 163 g/mol. The number of hydrogen-bond acceptors (Lipinski definition) is 2. The van der Waals surface area contributed by atoms with E-state index in [0.29, 0.717) is 6.61 Å². The minimum atomic E-state index is -0.721. The van der Waals surface area contributed by atoms with Gasteiger partial charge in [-0.2, -0.15) is 0 Å². The number of alkyl halides is 1. The molecule has 0 spiro atoms. The quantitative estimate of drug-likeness (QED) is 0.473. The maximum absolute atomic E-state index is 9.75. The Morgan fingerprint density at radius 3 is 2.11 bits per heavy atom. The normalized spacial score (nSPS) is 7.11. The van der Waals surface area contributed by atoms with Crippen LogP contribution in [0.3, 0.4) is 0 Å². The van der Waals surface area contributed by atoms with Crippen molar-refractivity contribution in [3.8, 4) is 0 Å². The summed E-state index contributed by atoms with van der Waals surface area (Å²) in [7, 11) is 0. The van der Waals surface area contributed by atoms with Crippen LogP contribution in [0.5, 0.6) is 0 Å². The van der Waals surface area contributed by atoms with Crippen LogP contribution in [0.15, 0.2) is 0 Å². The number of carbonyl (C=O) groups excluding carboxylic acids is 1. The van der Waals surface area contributed by atoms with Crippen molar-refractivity contribution in [3.05, 3.63) is 0 Å². The van der Waals surface area contributed by atoms with Gasteiger partial charge >= 0.3 is 5.43 Å². The summed E-state index contributed by atoms with van der Waals surface area (Å²) >= 11 is 9.43. The second-order valence-corrected chi connectivity index (χ2v) is 1.39. The van der Waals surface area contributed by atoms with Crippen molar-refractivity contribution in [3.63, 3.8) is 0 Å². The maximum Gasteiger partial charge on any atom is 0.403 e. The van der Waals surface area contributed by atoms with Gasteiger partial charge in [-0.15, -0.1) is 11.6 Å². The van der Waals surface area contributed by atoms with Crippen molar-refractivity contribution in [2.45, 2.75) is 13.3 Å². The molecule has 0 heterocycles. The zero-order valence-corrected chi connectivity index (χ0v) is 7.00. The molecule has 0 atom stereocenters. The molecule has 0 rings (SSSR count). The number of carbonyl (C=O) groups is 1. The molecule has 0 N–H and O–H groups in total. The van der Waals surface area contributed by atoms with E-state index in [2.05, 4.69) is 16.3 Å². The van der Waals surface area contributed by atoms with Crippen molar-refractivity contribution in [2.24, 2.45) is 0 Å². The van der Waals surface area contributed by atoms with Crippen LogP contribution in [-0.2, 0) is 4.74 Å². The van der Waals surface area contributed by atoms with Gasteiger partial charge in [-0.25, -0.2) is 4.79 Å². The summed E-state index contributed by atoms with van der Waals surface area (Å²) in [6, 6.07) is 0. The van der Waals surface area contributed by atoms with Crippen molar-refractivity contribution >= 4 is 28.6 Å². The molecule has 2 nitrogen and oxygen atoms in total. The van der Waals surface area contributed by atoms with Crippen molar-refractivity contribution < 1.29 is 9.53 Å². The highest BCUT2D eigenvalue weighted by Gasteiger charge is 1.89. The number of rotatable bonds is 2. The summed E-state index contributed by atoms with van der Waals surface area (Å²) in [5.41, 5.74) is -0.721. The predicted octanol–water partition coefficient (Wildman–Crippen LogP) is 2.63. The molecule has 0 aliphatic heterocycles.